The average molecular weight is 387 g/mol. The van der Waals surface area contributed by atoms with Crippen LogP contribution in [0.3, 0.4) is 0 Å². The molecule has 0 spiro atoms. The van der Waals surface area contributed by atoms with Crippen LogP contribution in [0.15, 0.2) is 59.3 Å². The molecule has 1 fully saturated rings. The lowest BCUT2D eigenvalue weighted by Gasteiger charge is -2.25. The zero-order chi connectivity index (χ0) is 19.8. The molecule has 0 saturated carbocycles. The molecule has 1 aliphatic rings. The number of benzene rings is 2. The number of nitrogens with zero attached hydrogens (tertiary/aromatic N) is 4. The van der Waals surface area contributed by atoms with E-state index in [2.05, 4.69) is 32.2 Å². The highest BCUT2D eigenvalue weighted by atomic mass is 16.5. The molecule has 1 aliphatic heterocycles. The van der Waals surface area contributed by atoms with Crippen LogP contribution in [-0.2, 0) is 0 Å². The summed E-state index contributed by atoms with van der Waals surface area (Å²) in [4.78, 5) is 10.5. The van der Waals surface area contributed by atoms with Gasteiger partial charge in [-0.2, -0.15) is 0 Å². The van der Waals surface area contributed by atoms with Gasteiger partial charge >= 0.3 is 0 Å². The van der Waals surface area contributed by atoms with Crippen molar-refractivity contribution in [3.63, 3.8) is 0 Å². The molecule has 3 heterocycles. The molecule has 7 heteroatoms. The Labute approximate surface area is 167 Å². The Kier molecular flexibility index (Phi) is 4.37. The minimum Gasteiger partial charge on any atom is -0.394 e. The molecular formula is C22H21N5O2. The second-order valence-corrected chi connectivity index (χ2v) is 7.26. The van der Waals surface area contributed by atoms with Gasteiger partial charge in [0.2, 0.25) is 5.95 Å². The van der Waals surface area contributed by atoms with Crippen molar-refractivity contribution < 1.29 is 9.63 Å². The van der Waals surface area contributed by atoms with Gasteiger partial charge in [-0.25, -0.2) is 9.97 Å². The summed E-state index contributed by atoms with van der Waals surface area (Å²) >= 11 is 0. The highest BCUT2D eigenvalue weighted by molar-refractivity contribution is 5.94. The van der Waals surface area contributed by atoms with Crippen LogP contribution in [0.25, 0.3) is 33.5 Å². The Bertz CT molecular complexity index is 1160. The third kappa shape index (κ3) is 3.19. The van der Waals surface area contributed by atoms with Crippen LogP contribution in [0, 0.1) is 0 Å². The predicted octanol–water partition coefficient (Wildman–Crippen LogP) is 3.50. The van der Waals surface area contributed by atoms with Crippen molar-refractivity contribution in [3.8, 4) is 22.6 Å². The molecule has 0 aliphatic carbocycles. The van der Waals surface area contributed by atoms with Crippen molar-refractivity contribution in [2.75, 3.05) is 23.8 Å². The number of nitrogen functional groups attached to an aromatic ring is 1. The number of hydrogen-bond acceptors (Lipinski definition) is 7. The second kappa shape index (κ2) is 7.18. The summed E-state index contributed by atoms with van der Waals surface area (Å²) in [5.74, 6) is 0.961. The minimum absolute atomic E-state index is 0.185. The molecule has 5 rings (SSSR count). The van der Waals surface area contributed by atoms with Crippen molar-refractivity contribution in [2.24, 2.45) is 0 Å². The van der Waals surface area contributed by atoms with Crippen LogP contribution >= 0.6 is 0 Å². The molecule has 2 aromatic heterocycles. The number of hydrogen-bond donors (Lipinski definition) is 2. The van der Waals surface area contributed by atoms with Crippen molar-refractivity contribution in [1.29, 1.82) is 0 Å². The Morgan fingerprint density at radius 2 is 1.93 bits per heavy atom. The number of aliphatic hydroxyl groups excluding tert-OH is 1. The summed E-state index contributed by atoms with van der Waals surface area (Å²) in [6.45, 7) is 1.16. The fraction of sp³-hybridized carbons (Fsp3) is 0.227. The van der Waals surface area contributed by atoms with Crippen molar-refractivity contribution >= 4 is 22.5 Å². The summed E-state index contributed by atoms with van der Waals surface area (Å²) in [5, 5.41) is 14.7. The van der Waals surface area contributed by atoms with Crippen molar-refractivity contribution in [1.82, 2.24) is 15.1 Å². The maximum absolute atomic E-state index is 9.58. The SMILES string of the molecule is Nc1nccc(-c2ccc3noc(-c4ccc(N5CCCC5CO)cc4)c3c2)n1. The molecular weight excluding hydrogens is 366 g/mol. The molecule has 0 bridgehead atoms. The van der Waals surface area contributed by atoms with Crippen molar-refractivity contribution in [3.05, 3.63) is 54.7 Å². The fourth-order valence-corrected chi connectivity index (χ4v) is 4.01. The van der Waals surface area contributed by atoms with Gasteiger partial charge in [-0.15, -0.1) is 0 Å². The molecule has 1 unspecified atom stereocenters. The Morgan fingerprint density at radius 3 is 2.72 bits per heavy atom. The largest absolute Gasteiger partial charge is 0.394 e. The van der Waals surface area contributed by atoms with Crippen LogP contribution in [-0.4, -0.2) is 39.4 Å². The lowest BCUT2D eigenvalue weighted by atomic mass is 10.0. The van der Waals surface area contributed by atoms with Gasteiger partial charge in [-0.3, -0.25) is 0 Å². The number of aliphatic hydroxyl groups is 1. The maximum Gasteiger partial charge on any atom is 0.220 e. The summed E-state index contributed by atoms with van der Waals surface area (Å²) in [7, 11) is 0. The summed E-state index contributed by atoms with van der Waals surface area (Å²) in [6.07, 6.45) is 3.78. The quantitative estimate of drug-likeness (QED) is 0.553. The summed E-state index contributed by atoms with van der Waals surface area (Å²) < 4.78 is 5.66. The van der Waals surface area contributed by atoms with E-state index in [4.69, 9.17) is 10.3 Å². The van der Waals surface area contributed by atoms with Crippen LogP contribution in [0.5, 0.6) is 0 Å². The van der Waals surface area contributed by atoms with E-state index < -0.39 is 0 Å². The molecule has 29 heavy (non-hydrogen) atoms. The van der Waals surface area contributed by atoms with Gasteiger partial charge in [-0.1, -0.05) is 11.2 Å². The van der Waals surface area contributed by atoms with Gasteiger partial charge in [0.15, 0.2) is 5.76 Å². The molecule has 1 atom stereocenters. The van der Waals surface area contributed by atoms with E-state index in [1.807, 2.05) is 36.4 Å². The van der Waals surface area contributed by atoms with E-state index in [0.29, 0.717) is 0 Å². The number of anilines is 2. The fourth-order valence-electron chi connectivity index (χ4n) is 4.01. The van der Waals surface area contributed by atoms with Crippen LogP contribution in [0.4, 0.5) is 11.6 Å². The molecule has 7 nitrogen and oxygen atoms in total. The normalized spacial score (nSPS) is 16.6. The first-order valence-corrected chi connectivity index (χ1v) is 9.69. The third-order valence-corrected chi connectivity index (χ3v) is 5.50. The molecule has 0 amide bonds. The van der Waals surface area contributed by atoms with E-state index in [9.17, 15) is 5.11 Å². The number of rotatable bonds is 4. The lowest BCUT2D eigenvalue weighted by Crippen LogP contribution is -2.31. The summed E-state index contributed by atoms with van der Waals surface area (Å²) in [5.41, 5.74) is 10.3. The summed E-state index contributed by atoms with van der Waals surface area (Å²) in [6, 6.07) is 16.1. The van der Waals surface area contributed by atoms with E-state index in [1.165, 1.54) is 0 Å². The Hall–Kier alpha value is -3.45. The molecule has 2 aromatic carbocycles. The Morgan fingerprint density at radius 1 is 1.10 bits per heavy atom. The van der Waals surface area contributed by atoms with E-state index in [0.717, 1.165) is 58.6 Å². The molecule has 3 N–H and O–H groups in total. The zero-order valence-electron chi connectivity index (χ0n) is 15.8. The van der Waals surface area contributed by atoms with Gasteiger partial charge in [0.25, 0.3) is 0 Å². The van der Waals surface area contributed by atoms with Gasteiger partial charge in [0.05, 0.1) is 23.7 Å². The topological polar surface area (TPSA) is 101 Å². The molecule has 146 valence electrons. The van der Waals surface area contributed by atoms with Crippen molar-refractivity contribution in [2.45, 2.75) is 18.9 Å². The van der Waals surface area contributed by atoms with Crippen LogP contribution in [0.2, 0.25) is 0 Å². The zero-order valence-corrected chi connectivity index (χ0v) is 15.8. The molecule has 1 saturated heterocycles. The van der Waals surface area contributed by atoms with Gasteiger partial charge in [0.1, 0.15) is 5.52 Å². The maximum atomic E-state index is 9.58. The smallest absolute Gasteiger partial charge is 0.220 e. The first kappa shape index (κ1) is 17.6. The highest BCUT2D eigenvalue weighted by Crippen LogP contribution is 2.33. The van der Waals surface area contributed by atoms with E-state index in [1.54, 1.807) is 6.20 Å². The third-order valence-electron chi connectivity index (χ3n) is 5.50. The van der Waals surface area contributed by atoms with Gasteiger partial charge < -0.3 is 20.3 Å². The van der Waals surface area contributed by atoms with E-state index >= 15 is 0 Å². The first-order valence-electron chi connectivity index (χ1n) is 9.69. The minimum atomic E-state index is 0.185. The average Bonchev–Trinajstić information content (AvgIpc) is 3.40. The lowest BCUT2D eigenvalue weighted by molar-refractivity contribution is 0.266. The van der Waals surface area contributed by atoms with E-state index in [-0.39, 0.29) is 18.6 Å². The second-order valence-electron chi connectivity index (χ2n) is 7.26. The van der Waals surface area contributed by atoms with Gasteiger partial charge in [0, 0.05) is 29.6 Å². The molecule has 0 radical (unpaired) electrons. The van der Waals surface area contributed by atoms with Gasteiger partial charge in [-0.05, 0) is 55.3 Å². The number of aromatic nitrogens is 3. The molecule has 4 aromatic rings. The predicted molar refractivity (Wildman–Crippen MR) is 112 cm³/mol. The van der Waals surface area contributed by atoms with Crippen LogP contribution in [0.1, 0.15) is 12.8 Å². The number of fused-ring (bicyclic) bond motifs is 1. The van der Waals surface area contributed by atoms with Crippen LogP contribution < -0.4 is 10.6 Å². The first-order chi connectivity index (χ1) is 14.2. The monoisotopic (exact) mass is 387 g/mol. The highest BCUT2D eigenvalue weighted by Gasteiger charge is 2.24. The Balaban J connectivity index is 1.51. The standard InChI is InChI=1S/C22H21N5O2/c23-22-24-10-9-19(25-22)15-5-8-20-18(12-15)21(29-26-20)14-3-6-16(7-4-14)27-11-1-2-17(27)13-28/h3-10,12,17,28H,1-2,11,13H2,(H2,23,24,25). The number of nitrogens with two attached hydrogens (primary N) is 1.